The maximum absolute atomic E-state index is 6.12. The summed E-state index contributed by atoms with van der Waals surface area (Å²) in [5, 5.41) is 3.51. The highest BCUT2D eigenvalue weighted by molar-refractivity contribution is 5.18. The Morgan fingerprint density at radius 2 is 2.10 bits per heavy atom. The Bertz CT molecular complexity index is 465. The molecule has 0 aromatic carbocycles. The molecule has 0 bridgehead atoms. The number of ether oxygens (including phenoxy) is 1. The molecule has 0 saturated heterocycles. The molecule has 3 nitrogen and oxygen atoms in total. The third kappa shape index (κ3) is 4.44. The molecule has 2 aliphatic rings. The van der Waals surface area contributed by atoms with Crippen LogP contribution in [0.2, 0.25) is 0 Å². The zero-order chi connectivity index (χ0) is 14.9. The minimum Gasteiger partial charge on any atom is -0.474 e. The van der Waals surface area contributed by atoms with Gasteiger partial charge in [-0.2, -0.15) is 0 Å². The van der Waals surface area contributed by atoms with E-state index in [4.69, 9.17) is 4.74 Å². The number of hydrogen-bond acceptors (Lipinski definition) is 3. The Hall–Kier alpha value is -1.09. The average Bonchev–Trinajstić information content (AvgIpc) is 3.19. The first kappa shape index (κ1) is 14.8. The predicted octanol–water partition coefficient (Wildman–Crippen LogP) is 3.93. The summed E-state index contributed by atoms with van der Waals surface area (Å²) >= 11 is 0. The van der Waals surface area contributed by atoms with E-state index in [1.165, 1.54) is 24.8 Å². The fourth-order valence-electron chi connectivity index (χ4n) is 3.65. The van der Waals surface area contributed by atoms with Gasteiger partial charge in [0.1, 0.15) is 6.10 Å². The van der Waals surface area contributed by atoms with E-state index in [0.29, 0.717) is 11.5 Å². The maximum Gasteiger partial charge on any atom is 0.213 e. The third-order valence-corrected chi connectivity index (χ3v) is 4.60. The monoisotopic (exact) mass is 288 g/mol. The number of pyridine rings is 1. The maximum atomic E-state index is 6.12. The van der Waals surface area contributed by atoms with E-state index in [1.54, 1.807) is 0 Å². The van der Waals surface area contributed by atoms with Crippen molar-refractivity contribution in [3.8, 4) is 5.88 Å². The van der Waals surface area contributed by atoms with Gasteiger partial charge in [0.05, 0.1) is 0 Å². The summed E-state index contributed by atoms with van der Waals surface area (Å²) in [5.74, 6) is 1.51. The third-order valence-electron chi connectivity index (χ3n) is 4.60. The molecule has 0 radical (unpaired) electrons. The molecule has 0 amide bonds. The van der Waals surface area contributed by atoms with Gasteiger partial charge in [-0.1, -0.05) is 26.8 Å². The first-order valence-corrected chi connectivity index (χ1v) is 8.35. The van der Waals surface area contributed by atoms with Crippen molar-refractivity contribution in [3.63, 3.8) is 0 Å². The van der Waals surface area contributed by atoms with Crippen molar-refractivity contribution in [1.29, 1.82) is 0 Å². The van der Waals surface area contributed by atoms with Crippen LogP contribution in [0, 0.1) is 11.3 Å². The van der Waals surface area contributed by atoms with Crippen LogP contribution in [-0.2, 0) is 6.54 Å². The van der Waals surface area contributed by atoms with Crippen molar-refractivity contribution in [1.82, 2.24) is 10.3 Å². The zero-order valence-corrected chi connectivity index (χ0v) is 13.6. The lowest BCUT2D eigenvalue weighted by molar-refractivity contribution is 0.0532. The summed E-state index contributed by atoms with van der Waals surface area (Å²) in [6.45, 7) is 7.95. The molecule has 2 aliphatic carbocycles. The minimum absolute atomic E-state index is 0.312. The minimum atomic E-state index is 0.312. The Balaban J connectivity index is 1.54. The van der Waals surface area contributed by atoms with Crippen LogP contribution in [0.3, 0.4) is 0 Å². The number of hydrogen-bond donors (Lipinski definition) is 1. The second-order valence-electron chi connectivity index (χ2n) is 7.81. The molecular weight excluding hydrogens is 260 g/mol. The van der Waals surface area contributed by atoms with Crippen LogP contribution in [-0.4, -0.2) is 17.1 Å². The zero-order valence-electron chi connectivity index (χ0n) is 13.6. The van der Waals surface area contributed by atoms with Crippen molar-refractivity contribution in [3.05, 3.63) is 23.9 Å². The molecule has 0 spiro atoms. The second-order valence-corrected chi connectivity index (χ2v) is 7.81. The number of nitrogens with one attached hydrogen (secondary N) is 1. The average molecular weight is 288 g/mol. The van der Waals surface area contributed by atoms with Gasteiger partial charge in [-0.25, -0.2) is 4.98 Å². The Morgan fingerprint density at radius 3 is 2.71 bits per heavy atom. The van der Waals surface area contributed by atoms with Crippen molar-refractivity contribution in [2.75, 3.05) is 0 Å². The molecule has 2 atom stereocenters. The van der Waals surface area contributed by atoms with Gasteiger partial charge >= 0.3 is 0 Å². The van der Waals surface area contributed by atoms with Crippen LogP contribution >= 0.6 is 0 Å². The quantitative estimate of drug-likeness (QED) is 0.891. The lowest BCUT2D eigenvalue weighted by atomic mass is 9.71. The number of nitrogens with zero attached hydrogens (tertiary/aromatic N) is 1. The Morgan fingerprint density at radius 1 is 1.29 bits per heavy atom. The molecule has 3 rings (SSSR count). The molecule has 1 heterocycles. The van der Waals surface area contributed by atoms with Crippen molar-refractivity contribution in [2.45, 2.75) is 71.6 Å². The molecule has 1 N–H and O–H groups in total. The normalized spacial score (nSPS) is 28.3. The van der Waals surface area contributed by atoms with Gasteiger partial charge in [-0.3, -0.25) is 0 Å². The topological polar surface area (TPSA) is 34.1 Å². The molecule has 2 saturated carbocycles. The molecule has 116 valence electrons. The smallest absolute Gasteiger partial charge is 0.213 e. The molecule has 0 aliphatic heterocycles. The van der Waals surface area contributed by atoms with E-state index in [9.17, 15) is 0 Å². The summed E-state index contributed by atoms with van der Waals surface area (Å²) in [4.78, 5) is 4.48. The Kier molecular flexibility index (Phi) is 4.21. The van der Waals surface area contributed by atoms with Gasteiger partial charge in [0.15, 0.2) is 0 Å². The molecule has 2 fully saturated rings. The van der Waals surface area contributed by atoms with Crippen LogP contribution in [0.1, 0.15) is 58.4 Å². The molecule has 1 aromatic heterocycles. The van der Waals surface area contributed by atoms with Gasteiger partial charge in [-0.05, 0) is 49.0 Å². The summed E-state index contributed by atoms with van der Waals surface area (Å²) in [7, 11) is 0. The van der Waals surface area contributed by atoms with E-state index in [1.807, 2.05) is 12.3 Å². The van der Waals surface area contributed by atoms with Gasteiger partial charge < -0.3 is 10.1 Å². The summed E-state index contributed by atoms with van der Waals surface area (Å²) in [6, 6.07) is 4.90. The van der Waals surface area contributed by atoms with Crippen molar-refractivity contribution >= 4 is 0 Å². The first-order chi connectivity index (χ1) is 10.00. The lowest BCUT2D eigenvalue weighted by Crippen LogP contribution is -2.34. The number of aromatic nitrogens is 1. The van der Waals surface area contributed by atoms with Gasteiger partial charge in [-0.15, -0.1) is 0 Å². The van der Waals surface area contributed by atoms with Crippen LogP contribution < -0.4 is 10.1 Å². The fraction of sp³-hybridized carbons (Fsp3) is 0.722. The highest BCUT2D eigenvalue weighted by atomic mass is 16.5. The van der Waals surface area contributed by atoms with E-state index < -0.39 is 0 Å². The highest BCUT2D eigenvalue weighted by Crippen LogP contribution is 2.39. The first-order valence-electron chi connectivity index (χ1n) is 8.35. The van der Waals surface area contributed by atoms with E-state index in [2.05, 4.69) is 37.1 Å². The van der Waals surface area contributed by atoms with Crippen LogP contribution in [0.4, 0.5) is 0 Å². The molecule has 1 aromatic rings. The summed E-state index contributed by atoms with van der Waals surface area (Å²) in [5.41, 5.74) is 1.63. The SMILES string of the molecule is CC1CC(Oc2ccc(CNC3CC3)cn2)CC(C)(C)C1. The fourth-order valence-corrected chi connectivity index (χ4v) is 3.65. The molecular formula is C18H28N2O. The summed E-state index contributed by atoms with van der Waals surface area (Å²) in [6.07, 6.45) is 8.48. The highest BCUT2D eigenvalue weighted by Gasteiger charge is 2.33. The number of rotatable bonds is 5. The van der Waals surface area contributed by atoms with E-state index >= 15 is 0 Å². The molecule has 21 heavy (non-hydrogen) atoms. The molecule has 2 unspecified atom stereocenters. The standard InChI is InChI=1S/C18H28N2O/c1-13-8-16(10-18(2,3)9-13)21-17-7-4-14(12-20-17)11-19-15-5-6-15/h4,7,12-13,15-16,19H,5-6,8-11H2,1-3H3. The molecule has 3 heteroatoms. The van der Waals surface area contributed by atoms with Gasteiger partial charge in [0.2, 0.25) is 5.88 Å². The lowest BCUT2D eigenvalue weighted by Gasteiger charge is -2.38. The van der Waals surface area contributed by atoms with Crippen LogP contribution in [0.25, 0.3) is 0 Å². The van der Waals surface area contributed by atoms with Gasteiger partial charge in [0, 0.05) is 24.8 Å². The van der Waals surface area contributed by atoms with E-state index in [-0.39, 0.29) is 0 Å². The van der Waals surface area contributed by atoms with Crippen molar-refractivity contribution < 1.29 is 4.74 Å². The summed E-state index contributed by atoms with van der Waals surface area (Å²) < 4.78 is 6.12. The second kappa shape index (κ2) is 5.96. The van der Waals surface area contributed by atoms with E-state index in [0.717, 1.165) is 37.2 Å². The van der Waals surface area contributed by atoms with Crippen LogP contribution in [0.15, 0.2) is 18.3 Å². The van der Waals surface area contributed by atoms with Crippen molar-refractivity contribution in [2.24, 2.45) is 11.3 Å². The predicted molar refractivity (Wildman–Crippen MR) is 85.3 cm³/mol. The van der Waals surface area contributed by atoms with Crippen LogP contribution in [0.5, 0.6) is 5.88 Å². The largest absolute Gasteiger partial charge is 0.474 e. The van der Waals surface area contributed by atoms with Gasteiger partial charge in [0.25, 0.3) is 0 Å². The Labute approximate surface area is 128 Å².